The first-order valence-corrected chi connectivity index (χ1v) is 4.55. The molecule has 0 aromatic heterocycles. The van der Waals surface area contributed by atoms with Gasteiger partial charge in [-0.3, -0.25) is 0 Å². The molecule has 0 heterocycles. The van der Waals surface area contributed by atoms with E-state index in [9.17, 15) is 0 Å². The van der Waals surface area contributed by atoms with E-state index >= 15 is 0 Å². The van der Waals surface area contributed by atoms with Crippen molar-refractivity contribution in [3.63, 3.8) is 0 Å². The van der Waals surface area contributed by atoms with Gasteiger partial charge in [-0.1, -0.05) is 46.8 Å². The van der Waals surface area contributed by atoms with Gasteiger partial charge in [-0.15, -0.1) is 0 Å². The van der Waals surface area contributed by atoms with Gasteiger partial charge in [0, 0.05) is 0 Å². The highest BCUT2D eigenvalue weighted by Crippen LogP contribution is 2.33. The van der Waals surface area contributed by atoms with E-state index in [4.69, 9.17) is 0 Å². The van der Waals surface area contributed by atoms with Crippen molar-refractivity contribution < 1.29 is 0 Å². The number of hydrogen-bond donors (Lipinski definition) is 0. The van der Waals surface area contributed by atoms with Crippen molar-refractivity contribution in [2.24, 2.45) is 17.3 Å². The zero-order chi connectivity index (χ0) is 9.07. The Morgan fingerprint density at radius 3 is 1.82 bits per heavy atom. The van der Waals surface area contributed by atoms with E-state index in [0.717, 1.165) is 11.8 Å². The highest BCUT2D eigenvalue weighted by atomic mass is 14.3. The molecule has 0 fully saturated rings. The van der Waals surface area contributed by atoms with Crippen LogP contribution >= 0.6 is 0 Å². The van der Waals surface area contributed by atoms with Crippen LogP contribution < -0.4 is 0 Å². The summed E-state index contributed by atoms with van der Waals surface area (Å²) >= 11 is 0. The number of hydrogen-bond acceptors (Lipinski definition) is 0. The van der Waals surface area contributed by atoms with Gasteiger partial charge in [0.1, 0.15) is 0 Å². The largest absolute Gasteiger partial charge is 0.0911 e. The molecule has 0 saturated carbocycles. The van der Waals surface area contributed by atoms with E-state index in [-0.39, 0.29) is 0 Å². The van der Waals surface area contributed by atoms with Crippen LogP contribution in [0.5, 0.6) is 0 Å². The average Bonchev–Trinajstić information content (AvgIpc) is 1.86. The summed E-state index contributed by atoms with van der Waals surface area (Å²) in [4.78, 5) is 0. The standard InChI is InChI=1S/C11H22/c1-7-8-11(5,6)10(4)9(2)3/h7-10H,1-6H3. The Labute approximate surface area is 71.7 Å². The van der Waals surface area contributed by atoms with E-state index in [2.05, 4.69) is 53.7 Å². The molecular formula is C11H22. The zero-order valence-corrected chi connectivity index (χ0v) is 8.81. The van der Waals surface area contributed by atoms with Crippen molar-refractivity contribution in [1.29, 1.82) is 0 Å². The Bertz CT molecular complexity index is 129. The molecule has 0 aromatic rings. The smallest absolute Gasteiger partial charge is 0.0147 e. The van der Waals surface area contributed by atoms with Crippen molar-refractivity contribution in [2.45, 2.75) is 41.5 Å². The van der Waals surface area contributed by atoms with Crippen LogP contribution in [0.4, 0.5) is 0 Å². The molecule has 0 spiro atoms. The van der Waals surface area contributed by atoms with Crippen LogP contribution in [0.1, 0.15) is 41.5 Å². The van der Waals surface area contributed by atoms with Gasteiger partial charge in [-0.05, 0) is 24.2 Å². The Hall–Kier alpha value is -0.260. The molecule has 0 bridgehead atoms. The lowest BCUT2D eigenvalue weighted by Crippen LogP contribution is -2.23. The van der Waals surface area contributed by atoms with Gasteiger partial charge in [-0.2, -0.15) is 0 Å². The molecule has 0 nitrogen and oxygen atoms in total. The molecule has 0 aliphatic carbocycles. The molecule has 11 heavy (non-hydrogen) atoms. The normalized spacial score (nSPS) is 16.3. The topological polar surface area (TPSA) is 0 Å². The monoisotopic (exact) mass is 154 g/mol. The number of allylic oxidation sites excluding steroid dienone is 2. The summed E-state index contributed by atoms with van der Waals surface area (Å²) in [5, 5.41) is 0. The molecule has 0 N–H and O–H groups in total. The maximum atomic E-state index is 2.32. The minimum Gasteiger partial charge on any atom is -0.0911 e. The fourth-order valence-electron chi connectivity index (χ4n) is 1.44. The van der Waals surface area contributed by atoms with E-state index in [1.807, 2.05) is 0 Å². The Balaban J connectivity index is 4.28. The first-order chi connectivity index (χ1) is 4.91. The van der Waals surface area contributed by atoms with Gasteiger partial charge in [0.2, 0.25) is 0 Å². The molecule has 1 atom stereocenters. The molecule has 0 aliphatic rings. The molecule has 0 rings (SSSR count). The fourth-order valence-corrected chi connectivity index (χ4v) is 1.44. The second-order valence-corrected chi connectivity index (χ2v) is 4.35. The second-order valence-electron chi connectivity index (χ2n) is 4.35. The minimum absolute atomic E-state index is 0.350. The maximum absolute atomic E-state index is 2.32. The summed E-state index contributed by atoms with van der Waals surface area (Å²) < 4.78 is 0. The van der Waals surface area contributed by atoms with E-state index in [1.54, 1.807) is 0 Å². The van der Waals surface area contributed by atoms with Crippen molar-refractivity contribution in [3.05, 3.63) is 12.2 Å². The Morgan fingerprint density at radius 2 is 1.55 bits per heavy atom. The lowest BCUT2D eigenvalue weighted by atomic mass is 9.74. The summed E-state index contributed by atoms with van der Waals surface area (Å²) in [6.07, 6.45) is 4.45. The Kier molecular flexibility index (Phi) is 3.85. The molecule has 0 aliphatic heterocycles. The van der Waals surface area contributed by atoms with Gasteiger partial charge >= 0.3 is 0 Å². The summed E-state index contributed by atoms with van der Waals surface area (Å²) in [6.45, 7) is 13.6. The summed E-state index contributed by atoms with van der Waals surface area (Å²) in [5.41, 5.74) is 0.350. The zero-order valence-electron chi connectivity index (χ0n) is 8.81. The van der Waals surface area contributed by atoms with Crippen LogP contribution in [-0.4, -0.2) is 0 Å². The highest BCUT2D eigenvalue weighted by molar-refractivity contribution is 4.96. The number of rotatable bonds is 3. The summed E-state index contributed by atoms with van der Waals surface area (Å²) in [6, 6.07) is 0. The fraction of sp³-hybridized carbons (Fsp3) is 0.818. The van der Waals surface area contributed by atoms with Gasteiger partial charge in [0.25, 0.3) is 0 Å². The lowest BCUT2D eigenvalue weighted by Gasteiger charge is -2.31. The van der Waals surface area contributed by atoms with Crippen LogP contribution in [0.2, 0.25) is 0 Å². The van der Waals surface area contributed by atoms with E-state index in [1.165, 1.54) is 0 Å². The summed E-state index contributed by atoms with van der Waals surface area (Å²) in [7, 11) is 0. The van der Waals surface area contributed by atoms with Gasteiger partial charge < -0.3 is 0 Å². The van der Waals surface area contributed by atoms with Crippen molar-refractivity contribution >= 4 is 0 Å². The minimum atomic E-state index is 0.350. The highest BCUT2D eigenvalue weighted by Gasteiger charge is 2.24. The first kappa shape index (κ1) is 10.7. The van der Waals surface area contributed by atoms with Crippen molar-refractivity contribution in [2.75, 3.05) is 0 Å². The molecule has 0 aromatic carbocycles. The molecule has 66 valence electrons. The Morgan fingerprint density at radius 1 is 1.09 bits per heavy atom. The predicted octanol–water partition coefficient (Wildman–Crippen LogP) is 3.88. The van der Waals surface area contributed by atoms with Gasteiger partial charge in [0.15, 0.2) is 0 Å². The van der Waals surface area contributed by atoms with Gasteiger partial charge in [0.05, 0.1) is 0 Å². The molecule has 0 heteroatoms. The van der Waals surface area contributed by atoms with Crippen LogP contribution in [0.3, 0.4) is 0 Å². The first-order valence-electron chi connectivity index (χ1n) is 4.55. The average molecular weight is 154 g/mol. The molecule has 0 radical (unpaired) electrons. The third kappa shape index (κ3) is 3.09. The van der Waals surface area contributed by atoms with E-state index < -0.39 is 0 Å². The van der Waals surface area contributed by atoms with Crippen molar-refractivity contribution in [1.82, 2.24) is 0 Å². The quantitative estimate of drug-likeness (QED) is 0.541. The third-order valence-corrected chi connectivity index (χ3v) is 2.77. The maximum Gasteiger partial charge on any atom is -0.0147 e. The summed E-state index contributed by atoms with van der Waals surface area (Å²) in [5.74, 6) is 1.51. The predicted molar refractivity (Wildman–Crippen MR) is 52.6 cm³/mol. The molecular weight excluding hydrogens is 132 g/mol. The SMILES string of the molecule is CC=CC(C)(C)C(C)C(C)C. The van der Waals surface area contributed by atoms with Crippen LogP contribution in [0.15, 0.2) is 12.2 Å². The third-order valence-electron chi connectivity index (χ3n) is 2.77. The molecule has 0 saturated heterocycles. The van der Waals surface area contributed by atoms with Crippen molar-refractivity contribution in [3.8, 4) is 0 Å². The van der Waals surface area contributed by atoms with Crippen LogP contribution in [-0.2, 0) is 0 Å². The van der Waals surface area contributed by atoms with E-state index in [0.29, 0.717) is 5.41 Å². The lowest BCUT2D eigenvalue weighted by molar-refractivity contribution is 0.234. The van der Waals surface area contributed by atoms with Crippen LogP contribution in [0.25, 0.3) is 0 Å². The molecule has 0 amide bonds. The second kappa shape index (κ2) is 3.94. The van der Waals surface area contributed by atoms with Crippen LogP contribution in [0, 0.1) is 17.3 Å². The van der Waals surface area contributed by atoms with Gasteiger partial charge in [-0.25, -0.2) is 0 Å². The molecule has 1 unspecified atom stereocenters.